The Balaban J connectivity index is 1.97. The molecule has 21 heavy (non-hydrogen) atoms. The van der Waals surface area contributed by atoms with E-state index in [2.05, 4.69) is 5.32 Å². The Morgan fingerprint density at radius 2 is 2.14 bits per heavy atom. The Hall–Kier alpha value is -2.08. The first-order chi connectivity index (χ1) is 10.1. The van der Waals surface area contributed by atoms with Crippen LogP contribution in [0.15, 0.2) is 24.3 Å². The third-order valence-electron chi connectivity index (χ3n) is 3.51. The zero-order valence-corrected chi connectivity index (χ0v) is 11.9. The number of carbonyl (C=O) groups is 2. The Kier molecular flexibility index (Phi) is 5.16. The minimum atomic E-state index is -1.04. The maximum atomic E-state index is 12.0. The predicted octanol–water partition coefficient (Wildman–Crippen LogP) is 0.844. The Morgan fingerprint density at radius 3 is 2.67 bits per heavy atom. The summed E-state index contributed by atoms with van der Waals surface area (Å²) in [6.07, 6.45) is 0.874. The van der Waals surface area contributed by atoms with Gasteiger partial charge in [-0.05, 0) is 24.1 Å². The van der Waals surface area contributed by atoms with Crippen LogP contribution in [0.25, 0.3) is 0 Å². The van der Waals surface area contributed by atoms with Crippen LogP contribution in [-0.4, -0.2) is 43.3 Å². The summed E-state index contributed by atoms with van der Waals surface area (Å²) < 4.78 is 10.2. The van der Waals surface area contributed by atoms with Gasteiger partial charge in [-0.15, -0.1) is 0 Å². The molecule has 6 nitrogen and oxygen atoms in total. The summed E-state index contributed by atoms with van der Waals surface area (Å²) in [4.78, 5) is 23.3. The van der Waals surface area contributed by atoms with Crippen LogP contribution >= 0.6 is 0 Å². The molecular weight excluding hydrogens is 274 g/mol. The van der Waals surface area contributed by atoms with E-state index in [0.717, 1.165) is 5.56 Å². The van der Waals surface area contributed by atoms with Crippen LogP contribution in [0.3, 0.4) is 0 Å². The van der Waals surface area contributed by atoms with Gasteiger partial charge in [0.25, 0.3) is 0 Å². The molecule has 0 unspecified atom stereocenters. The molecule has 2 rings (SSSR count). The monoisotopic (exact) mass is 293 g/mol. The van der Waals surface area contributed by atoms with E-state index in [4.69, 9.17) is 9.47 Å². The molecule has 1 aromatic rings. The first kappa shape index (κ1) is 15.3. The topological polar surface area (TPSA) is 84.9 Å². The number of rotatable bonds is 6. The lowest BCUT2D eigenvalue weighted by atomic mass is 10.0. The molecule has 0 aromatic heterocycles. The quantitative estimate of drug-likeness (QED) is 0.812. The molecule has 2 atom stereocenters. The predicted molar refractivity (Wildman–Crippen MR) is 75.2 cm³/mol. The van der Waals surface area contributed by atoms with E-state index in [1.165, 1.54) is 0 Å². The van der Waals surface area contributed by atoms with E-state index in [1.807, 2.05) is 0 Å². The molecule has 1 aliphatic rings. The Labute approximate surface area is 123 Å². The van der Waals surface area contributed by atoms with Gasteiger partial charge in [0.05, 0.1) is 19.6 Å². The van der Waals surface area contributed by atoms with Crippen LogP contribution in [0.1, 0.15) is 12.0 Å². The minimum absolute atomic E-state index is 0.235. The van der Waals surface area contributed by atoms with Gasteiger partial charge in [-0.2, -0.15) is 0 Å². The highest BCUT2D eigenvalue weighted by Crippen LogP contribution is 2.15. The molecule has 114 valence electrons. The van der Waals surface area contributed by atoms with Crippen LogP contribution in [0.5, 0.6) is 5.75 Å². The number of aliphatic carboxylic acids is 1. The molecule has 1 heterocycles. The number of amides is 1. The van der Waals surface area contributed by atoms with E-state index in [-0.39, 0.29) is 18.2 Å². The third kappa shape index (κ3) is 4.19. The lowest BCUT2D eigenvalue weighted by Gasteiger charge is -2.17. The van der Waals surface area contributed by atoms with Gasteiger partial charge >= 0.3 is 5.97 Å². The fraction of sp³-hybridized carbons (Fsp3) is 0.467. The zero-order chi connectivity index (χ0) is 15.2. The van der Waals surface area contributed by atoms with Crippen molar-refractivity contribution < 1.29 is 24.2 Å². The summed E-state index contributed by atoms with van der Waals surface area (Å²) in [6.45, 7) is 0.912. The van der Waals surface area contributed by atoms with Gasteiger partial charge in [0.1, 0.15) is 11.8 Å². The number of carboxylic acid groups (broad SMARTS) is 1. The second kappa shape index (κ2) is 7.08. The van der Waals surface area contributed by atoms with Gasteiger partial charge in [0.15, 0.2) is 0 Å². The smallest absolute Gasteiger partial charge is 0.326 e. The standard InChI is InChI=1S/C15H19NO5/c1-20-12-4-2-10(3-5-12)8-13(15(18)19)16-14(17)11-6-7-21-9-11/h2-5,11,13H,6-9H2,1H3,(H,16,17)(H,18,19)/t11-,13+/m0/s1. The van der Waals surface area contributed by atoms with Crippen molar-refractivity contribution in [2.75, 3.05) is 20.3 Å². The number of carbonyl (C=O) groups excluding carboxylic acids is 1. The van der Waals surface area contributed by atoms with Gasteiger partial charge in [-0.1, -0.05) is 12.1 Å². The normalized spacial score (nSPS) is 19.0. The van der Waals surface area contributed by atoms with Crippen molar-refractivity contribution in [2.45, 2.75) is 18.9 Å². The van der Waals surface area contributed by atoms with Crippen molar-refractivity contribution in [1.82, 2.24) is 5.32 Å². The van der Waals surface area contributed by atoms with E-state index in [9.17, 15) is 14.7 Å². The molecule has 2 N–H and O–H groups in total. The van der Waals surface area contributed by atoms with E-state index in [1.54, 1.807) is 31.4 Å². The highest BCUT2D eigenvalue weighted by atomic mass is 16.5. The molecule has 0 spiro atoms. The summed E-state index contributed by atoms with van der Waals surface area (Å²) in [6, 6.07) is 6.17. The molecular formula is C15H19NO5. The minimum Gasteiger partial charge on any atom is -0.497 e. The number of nitrogens with one attached hydrogen (secondary N) is 1. The van der Waals surface area contributed by atoms with Crippen LogP contribution < -0.4 is 10.1 Å². The highest BCUT2D eigenvalue weighted by molar-refractivity contribution is 5.85. The molecule has 1 saturated heterocycles. The first-order valence-corrected chi connectivity index (χ1v) is 6.84. The maximum Gasteiger partial charge on any atom is 0.326 e. The van der Waals surface area contributed by atoms with E-state index in [0.29, 0.717) is 25.4 Å². The molecule has 6 heteroatoms. The summed E-state index contributed by atoms with van der Waals surface area (Å²) in [5.74, 6) is -0.841. The largest absolute Gasteiger partial charge is 0.497 e. The van der Waals surface area contributed by atoms with Crippen LogP contribution in [0.2, 0.25) is 0 Å². The van der Waals surface area contributed by atoms with Crippen molar-refractivity contribution in [3.8, 4) is 5.75 Å². The molecule has 0 radical (unpaired) electrons. The van der Waals surface area contributed by atoms with Crippen molar-refractivity contribution in [1.29, 1.82) is 0 Å². The second-order valence-corrected chi connectivity index (χ2v) is 5.01. The van der Waals surface area contributed by atoms with Crippen LogP contribution in [-0.2, 0) is 20.7 Å². The fourth-order valence-electron chi connectivity index (χ4n) is 2.23. The molecule has 0 bridgehead atoms. The lowest BCUT2D eigenvalue weighted by molar-refractivity contribution is -0.142. The van der Waals surface area contributed by atoms with Gasteiger partial charge in [-0.3, -0.25) is 4.79 Å². The van der Waals surface area contributed by atoms with Gasteiger partial charge < -0.3 is 19.9 Å². The van der Waals surface area contributed by atoms with Crippen molar-refractivity contribution >= 4 is 11.9 Å². The molecule has 1 aromatic carbocycles. The Morgan fingerprint density at radius 1 is 1.43 bits per heavy atom. The van der Waals surface area contributed by atoms with Gasteiger partial charge in [-0.25, -0.2) is 4.79 Å². The van der Waals surface area contributed by atoms with Crippen molar-refractivity contribution in [2.24, 2.45) is 5.92 Å². The average molecular weight is 293 g/mol. The van der Waals surface area contributed by atoms with Crippen LogP contribution in [0, 0.1) is 5.92 Å². The van der Waals surface area contributed by atoms with E-state index < -0.39 is 12.0 Å². The number of ether oxygens (including phenoxy) is 2. The highest BCUT2D eigenvalue weighted by Gasteiger charge is 2.28. The fourth-order valence-corrected chi connectivity index (χ4v) is 2.23. The van der Waals surface area contributed by atoms with Crippen LogP contribution in [0.4, 0.5) is 0 Å². The van der Waals surface area contributed by atoms with Crippen molar-refractivity contribution in [3.05, 3.63) is 29.8 Å². The van der Waals surface area contributed by atoms with Gasteiger partial charge in [0, 0.05) is 13.0 Å². The number of benzene rings is 1. The average Bonchev–Trinajstić information content (AvgIpc) is 3.01. The molecule has 0 saturated carbocycles. The SMILES string of the molecule is COc1ccc(C[C@@H](NC(=O)[C@H]2CCOC2)C(=O)O)cc1. The molecule has 1 aliphatic heterocycles. The number of methoxy groups -OCH3 is 1. The van der Waals surface area contributed by atoms with E-state index >= 15 is 0 Å². The van der Waals surface area contributed by atoms with Gasteiger partial charge in [0.2, 0.25) is 5.91 Å². The molecule has 1 amide bonds. The molecule has 0 aliphatic carbocycles. The van der Waals surface area contributed by atoms with Crippen molar-refractivity contribution in [3.63, 3.8) is 0 Å². The zero-order valence-electron chi connectivity index (χ0n) is 11.9. The summed E-state index contributed by atoms with van der Waals surface area (Å²) in [7, 11) is 1.57. The Bertz CT molecular complexity index is 493. The number of hydrogen-bond donors (Lipinski definition) is 2. The lowest BCUT2D eigenvalue weighted by Crippen LogP contribution is -2.45. The number of hydrogen-bond acceptors (Lipinski definition) is 4. The second-order valence-electron chi connectivity index (χ2n) is 5.01. The molecule has 1 fully saturated rings. The first-order valence-electron chi connectivity index (χ1n) is 6.84. The summed E-state index contributed by atoms with van der Waals surface area (Å²) in [5.41, 5.74) is 0.825. The third-order valence-corrected chi connectivity index (χ3v) is 3.51. The summed E-state index contributed by atoms with van der Waals surface area (Å²) in [5, 5.41) is 11.8. The number of carboxylic acids is 1. The maximum absolute atomic E-state index is 12.0. The summed E-state index contributed by atoms with van der Waals surface area (Å²) >= 11 is 0.